The third-order valence-corrected chi connectivity index (χ3v) is 12.4. The minimum Gasteiger partial charge on any atom is -0.458 e. The lowest BCUT2D eigenvalue weighted by Crippen LogP contribution is -2.55. The van der Waals surface area contributed by atoms with Crippen molar-refractivity contribution in [2.75, 3.05) is 26.2 Å². The van der Waals surface area contributed by atoms with Crippen molar-refractivity contribution >= 4 is 52.5 Å². The number of nitrogens with zero attached hydrogens (tertiary/aromatic N) is 3. The van der Waals surface area contributed by atoms with Crippen molar-refractivity contribution in [1.29, 1.82) is 0 Å². The van der Waals surface area contributed by atoms with Crippen molar-refractivity contribution in [1.82, 2.24) is 35.7 Å². The third kappa shape index (κ3) is 9.90. The molecule has 4 atom stereocenters. The van der Waals surface area contributed by atoms with E-state index in [0.717, 1.165) is 4.90 Å². The molecule has 1 aliphatic carbocycles. The van der Waals surface area contributed by atoms with E-state index in [2.05, 4.69) is 21.3 Å². The van der Waals surface area contributed by atoms with Crippen LogP contribution in [0.25, 0.3) is 22.3 Å². The quantitative estimate of drug-likeness (QED) is 0.0823. The number of carbonyl (C=O) groups excluding carboxylic acids is 7. The van der Waals surface area contributed by atoms with Crippen molar-refractivity contribution in [3.63, 3.8) is 0 Å². The number of nitrogens with one attached hydrogen (secondary N) is 4. The molecule has 20 heteroatoms. The standard InChI is InChI=1S/C48H55FN8O11/c1-7-48(66)30-16-35-41-28(21-57(35)43(62)29(30)23-67-45(48)64)40-32(14-13-27-25(3)31(49)17-33(54-41)39(27)40)55-42(61)24(2)20-56(22-36(50)58)44(63)34(15-26-11-9-8-10-12-26)53-38(60)19-51-37(59)18-52-46(65)68-47(4,5)6/h8-12,16-17,24,32,34,66H,7,13-15,18-23H2,1-6H3,(H2,50,58)(H,51,59)(H,52,65)(H,53,60)(H,55,61)/t24-,32+,34+,48+/m1/s1. The van der Waals surface area contributed by atoms with Gasteiger partial charge in [0.05, 0.1) is 54.1 Å². The Morgan fingerprint density at radius 3 is 2.43 bits per heavy atom. The van der Waals surface area contributed by atoms with E-state index in [1.807, 2.05) is 0 Å². The van der Waals surface area contributed by atoms with Crippen molar-refractivity contribution in [2.45, 2.75) is 104 Å². The Labute approximate surface area is 390 Å². The van der Waals surface area contributed by atoms with Crippen LogP contribution in [0.15, 0.2) is 47.3 Å². The maximum Gasteiger partial charge on any atom is 0.408 e. The Morgan fingerprint density at radius 2 is 1.75 bits per heavy atom. The molecule has 0 radical (unpaired) electrons. The molecular formula is C48H55FN8O11. The van der Waals surface area contributed by atoms with Gasteiger partial charge < -0.3 is 51.0 Å². The number of halogens is 1. The van der Waals surface area contributed by atoms with Gasteiger partial charge in [0.2, 0.25) is 29.5 Å². The van der Waals surface area contributed by atoms with Gasteiger partial charge in [-0.1, -0.05) is 44.2 Å². The van der Waals surface area contributed by atoms with E-state index in [4.69, 9.17) is 20.2 Å². The molecule has 3 aliphatic rings. The highest BCUT2D eigenvalue weighted by Gasteiger charge is 2.46. The average molecular weight is 939 g/mol. The normalized spacial score (nSPS) is 17.6. The van der Waals surface area contributed by atoms with Gasteiger partial charge in [0.15, 0.2) is 5.60 Å². The smallest absolute Gasteiger partial charge is 0.408 e. The number of alkyl carbamates (subject to hydrolysis) is 1. The monoisotopic (exact) mass is 938 g/mol. The topological polar surface area (TPSA) is 270 Å². The molecule has 0 saturated carbocycles. The fraction of sp³-hybridized carbons (Fsp3) is 0.438. The molecule has 0 spiro atoms. The fourth-order valence-corrected chi connectivity index (χ4v) is 9.07. The second-order valence-electron chi connectivity index (χ2n) is 18.4. The molecule has 68 heavy (non-hydrogen) atoms. The van der Waals surface area contributed by atoms with Gasteiger partial charge in [-0.15, -0.1) is 0 Å². The summed E-state index contributed by atoms with van der Waals surface area (Å²) in [6.45, 7) is 7.51. The first-order chi connectivity index (χ1) is 32.1. The zero-order chi connectivity index (χ0) is 49.4. The third-order valence-electron chi connectivity index (χ3n) is 12.4. The molecule has 0 unspecified atom stereocenters. The van der Waals surface area contributed by atoms with Gasteiger partial charge in [-0.3, -0.25) is 28.8 Å². The van der Waals surface area contributed by atoms with Gasteiger partial charge in [0, 0.05) is 35.5 Å². The summed E-state index contributed by atoms with van der Waals surface area (Å²) in [7, 11) is 0. The first-order valence-electron chi connectivity index (χ1n) is 22.4. The van der Waals surface area contributed by atoms with Crippen LogP contribution in [0.4, 0.5) is 9.18 Å². The fourth-order valence-electron chi connectivity index (χ4n) is 9.07. The van der Waals surface area contributed by atoms with Gasteiger partial charge in [-0.2, -0.15) is 0 Å². The Kier molecular flexibility index (Phi) is 13.7. The van der Waals surface area contributed by atoms with Crippen molar-refractivity contribution < 1.29 is 52.5 Å². The Balaban J connectivity index is 1.13. The molecule has 2 aromatic carbocycles. The second kappa shape index (κ2) is 19.2. The number of primary amides is 1. The number of amides is 6. The lowest BCUT2D eigenvalue weighted by atomic mass is 9.81. The minimum atomic E-state index is -2.07. The molecule has 2 aliphatic heterocycles. The van der Waals surface area contributed by atoms with E-state index in [1.54, 1.807) is 77.9 Å². The molecular weight excluding hydrogens is 884 g/mol. The van der Waals surface area contributed by atoms with E-state index in [0.29, 0.717) is 57.4 Å². The maximum absolute atomic E-state index is 15.5. The molecule has 0 bridgehead atoms. The van der Waals surface area contributed by atoms with Crippen molar-refractivity contribution in [3.8, 4) is 11.4 Å². The van der Waals surface area contributed by atoms with Crippen LogP contribution in [0, 0.1) is 18.7 Å². The van der Waals surface area contributed by atoms with E-state index in [-0.39, 0.29) is 49.2 Å². The summed E-state index contributed by atoms with van der Waals surface area (Å²) in [5, 5.41) is 22.5. The van der Waals surface area contributed by atoms with Gasteiger partial charge in [0.1, 0.15) is 30.6 Å². The number of aromatic nitrogens is 2. The van der Waals surface area contributed by atoms with E-state index < -0.39 is 102 Å². The molecule has 0 saturated heterocycles. The molecule has 360 valence electrons. The summed E-state index contributed by atoms with van der Waals surface area (Å²) >= 11 is 0. The summed E-state index contributed by atoms with van der Waals surface area (Å²) in [4.78, 5) is 112. The first-order valence-corrected chi connectivity index (χ1v) is 22.4. The van der Waals surface area contributed by atoms with Gasteiger partial charge >= 0.3 is 12.1 Å². The Bertz CT molecular complexity index is 2810. The van der Waals surface area contributed by atoms with Gasteiger partial charge in [-0.05, 0) is 75.3 Å². The predicted molar refractivity (Wildman–Crippen MR) is 243 cm³/mol. The molecule has 7 N–H and O–H groups in total. The molecule has 4 aromatic rings. The van der Waals surface area contributed by atoms with Crippen LogP contribution >= 0.6 is 0 Å². The van der Waals surface area contributed by atoms with Crippen LogP contribution in [0.5, 0.6) is 0 Å². The molecule has 4 heterocycles. The van der Waals surface area contributed by atoms with Crippen LogP contribution in [-0.2, 0) is 69.8 Å². The summed E-state index contributed by atoms with van der Waals surface area (Å²) in [6, 6.07) is 9.61. The SMILES string of the molecule is CC[C@@]1(O)C(=O)OCc2c1cc1n(c2=O)Cc2c-1nc1cc(F)c(C)c3c1c2[C@@H](NC(=O)[C@H](C)CN(CC(N)=O)C(=O)[C@H](Cc1ccccc1)NC(=O)CNC(=O)CNC(=O)OC(C)(C)C)CC3. The van der Waals surface area contributed by atoms with Crippen LogP contribution < -0.4 is 32.6 Å². The Morgan fingerprint density at radius 1 is 1.04 bits per heavy atom. The number of benzene rings is 2. The zero-order valence-electron chi connectivity index (χ0n) is 38.7. The summed E-state index contributed by atoms with van der Waals surface area (Å²) in [5.74, 6) is -5.93. The molecule has 19 nitrogen and oxygen atoms in total. The highest BCUT2D eigenvalue weighted by Crippen LogP contribution is 2.46. The largest absolute Gasteiger partial charge is 0.458 e. The highest BCUT2D eigenvalue weighted by molar-refractivity contribution is 5.95. The molecule has 2 aromatic heterocycles. The number of nitrogens with two attached hydrogens (primary N) is 1. The number of aryl methyl sites for hydroxylation is 1. The highest BCUT2D eigenvalue weighted by atomic mass is 19.1. The number of aliphatic hydroxyl groups is 1. The summed E-state index contributed by atoms with van der Waals surface area (Å²) in [5.41, 5.74) is 6.42. The lowest BCUT2D eigenvalue weighted by Gasteiger charge is -2.32. The maximum atomic E-state index is 15.5. The van der Waals surface area contributed by atoms with Crippen molar-refractivity contribution in [2.24, 2.45) is 11.7 Å². The zero-order valence-corrected chi connectivity index (χ0v) is 38.7. The van der Waals surface area contributed by atoms with Crippen molar-refractivity contribution in [3.05, 3.63) is 97.6 Å². The van der Waals surface area contributed by atoms with Crippen LogP contribution in [-0.4, -0.2) is 99.0 Å². The number of fused-ring (bicyclic) bond motifs is 5. The van der Waals surface area contributed by atoms with Gasteiger partial charge in [0.25, 0.3) is 5.56 Å². The number of cyclic esters (lactones) is 1. The number of hydrogen-bond acceptors (Lipinski definition) is 12. The Hall–Kier alpha value is -7.22. The molecule has 7 rings (SSSR count). The molecule has 0 fully saturated rings. The lowest BCUT2D eigenvalue weighted by molar-refractivity contribution is -0.172. The number of pyridine rings is 2. The number of ether oxygens (including phenoxy) is 2. The van der Waals surface area contributed by atoms with E-state index >= 15 is 4.39 Å². The number of esters is 1. The minimum absolute atomic E-state index is 0.0212. The molecule has 6 amide bonds. The number of carbonyl (C=O) groups is 7. The summed E-state index contributed by atoms with van der Waals surface area (Å²) < 4.78 is 27.3. The van der Waals surface area contributed by atoms with Crippen LogP contribution in [0.1, 0.15) is 92.4 Å². The van der Waals surface area contributed by atoms with E-state index in [1.165, 1.54) is 10.6 Å². The predicted octanol–water partition coefficient (Wildman–Crippen LogP) is 1.95. The van der Waals surface area contributed by atoms with Crippen LogP contribution in [0.2, 0.25) is 0 Å². The first kappa shape index (κ1) is 48.7. The second-order valence-corrected chi connectivity index (χ2v) is 18.4. The van der Waals surface area contributed by atoms with Gasteiger partial charge in [-0.25, -0.2) is 19.0 Å². The number of rotatable bonds is 15. The average Bonchev–Trinajstić information content (AvgIpc) is 3.65. The van der Waals surface area contributed by atoms with E-state index in [9.17, 15) is 43.5 Å². The number of hydrogen-bond donors (Lipinski definition) is 6. The van der Waals surface area contributed by atoms with Crippen LogP contribution in [0.3, 0.4) is 0 Å². The summed E-state index contributed by atoms with van der Waals surface area (Å²) in [6.07, 6.45) is -0.236.